The molecule has 0 saturated carbocycles. The lowest BCUT2D eigenvalue weighted by molar-refractivity contribution is 0.497. The number of hydrogen-bond donors (Lipinski definition) is 1. The van der Waals surface area contributed by atoms with Crippen LogP contribution in [0.15, 0.2) is 25.0 Å². The van der Waals surface area contributed by atoms with Gasteiger partial charge in [-0.15, -0.1) is 6.58 Å². The molecule has 1 rings (SSSR count). The van der Waals surface area contributed by atoms with E-state index in [0.717, 1.165) is 6.42 Å². The van der Waals surface area contributed by atoms with Crippen LogP contribution in [0.4, 0.5) is 5.69 Å². The van der Waals surface area contributed by atoms with Crippen molar-refractivity contribution in [2.75, 3.05) is 5.73 Å². The van der Waals surface area contributed by atoms with E-state index in [4.69, 9.17) is 5.73 Å². The van der Waals surface area contributed by atoms with Gasteiger partial charge in [0.2, 0.25) is 0 Å². The molecular formula is C8H13N3. The molecule has 3 heteroatoms. The number of hydrogen-bond acceptors (Lipinski definition) is 2. The van der Waals surface area contributed by atoms with E-state index in [2.05, 4.69) is 18.6 Å². The Hall–Kier alpha value is -1.25. The molecule has 0 aromatic carbocycles. The summed E-state index contributed by atoms with van der Waals surface area (Å²) < 4.78 is 1.84. The largest absolute Gasteiger partial charge is 0.396 e. The predicted octanol–water partition coefficient (Wildman–Crippen LogP) is 1.60. The summed E-state index contributed by atoms with van der Waals surface area (Å²) >= 11 is 0. The van der Waals surface area contributed by atoms with Crippen LogP contribution in [0.2, 0.25) is 0 Å². The van der Waals surface area contributed by atoms with Crippen LogP contribution < -0.4 is 5.73 Å². The molecule has 0 aliphatic carbocycles. The van der Waals surface area contributed by atoms with Crippen LogP contribution in [0.25, 0.3) is 0 Å². The van der Waals surface area contributed by atoms with Gasteiger partial charge in [-0.3, -0.25) is 4.68 Å². The molecule has 2 N–H and O–H groups in total. The van der Waals surface area contributed by atoms with E-state index in [-0.39, 0.29) is 0 Å². The third-order valence-electron chi connectivity index (χ3n) is 1.58. The fraction of sp³-hybridized carbons (Fsp3) is 0.375. The van der Waals surface area contributed by atoms with E-state index in [0.29, 0.717) is 11.7 Å². The van der Waals surface area contributed by atoms with Crippen molar-refractivity contribution >= 4 is 5.69 Å². The van der Waals surface area contributed by atoms with E-state index in [1.165, 1.54) is 0 Å². The van der Waals surface area contributed by atoms with Crippen molar-refractivity contribution in [1.82, 2.24) is 9.78 Å². The summed E-state index contributed by atoms with van der Waals surface area (Å²) in [6.45, 7) is 5.74. The predicted molar refractivity (Wildman–Crippen MR) is 46.2 cm³/mol. The average Bonchev–Trinajstić information content (AvgIpc) is 2.36. The molecule has 0 saturated heterocycles. The van der Waals surface area contributed by atoms with E-state index in [1.807, 2.05) is 17.0 Å². The second kappa shape index (κ2) is 3.23. The zero-order valence-corrected chi connectivity index (χ0v) is 6.70. The van der Waals surface area contributed by atoms with E-state index in [9.17, 15) is 0 Å². The highest BCUT2D eigenvalue weighted by Crippen LogP contribution is 2.11. The van der Waals surface area contributed by atoms with Crippen LogP contribution in [-0.4, -0.2) is 9.78 Å². The fourth-order valence-corrected chi connectivity index (χ4v) is 0.943. The summed E-state index contributed by atoms with van der Waals surface area (Å²) in [7, 11) is 0. The molecule has 1 aromatic heterocycles. The third kappa shape index (κ3) is 1.83. The molecule has 1 atom stereocenters. The van der Waals surface area contributed by atoms with Gasteiger partial charge in [-0.25, -0.2) is 0 Å². The molecule has 0 fully saturated rings. The highest BCUT2D eigenvalue weighted by molar-refractivity contribution is 5.30. The summed E-state index contributed by atoms with van der Waals surface area (Å²) in [6.07, 6.45) is 6.28. The minimum absolute atomic E-state index is 0.352. The van der Waals surface area contributed by atoms with Gasteiger partial charge in [0.15, 0.2) is 0 Å². The summed E-state index contributed by atoms with van der Waals surface area (Å²) in [4.78, 5) is 0. The number of anilines is 1. The van der Waals surface area contributed by atoms with Gasteiger partial charge in [-0.1, -0.05) is 6.08 Å². The topological polar surface area (TPSA) is 43.8 Å². The first-order valence-electron chi connectivity index (χ1n) is 3.64. The standard InChI is InChI=1S/C8H13N3/c1-3-4-7(2)11-6-8(9)5-10-11/h3,5-7H,1,4,9H2,2H3. The highest BCUT2D eigenvalue weighted by Gasteiger charge is 2.01. The molecule has 0 spiro atoms. The zero-order valence-electron chi connectivity index (χ0n) is 6.70. The van der Waals surface area contributed by atoms with Crippen molar-refractivity contribution in [1.29, 1.82) is 0 Å². The van der Waals surface area contributed by atoms with Gasteiger partial charge in [0, 0.05) is 6.20 Å². The molecule has 1 aromatic rings. The van der Waals surface area contributed by atoms with Gasteiger partial charge in [0.05, 0.1) is 17.9 Å². The maximum Gasteiger partial charge on any atom is 0.0719 e. The van der Waals surface area contributed by atoms with Gasteiger partial charge in [0.1, 0.15) is 0 Å². The Balaban J connectivity index is 2.67. The smallest absolute Gasteiger partial charge is 0.0719 e. The lowest BCUT2D eigenvalue weighted by Gasteiger charge is -2.07. The van der Waals surface area contributed by atoms with Crippen molar-refractivity contribution in [3.63, 3.8) is 0 Å². The molecule has 0 aliphatic heterocycles. The Morgan fingerprint density at radius 3 is 3.09 bits per heavy atom. The third-order valence-corrected chi connectivity index (χ3v) is 1.58. The van der Waals surface area contributed by atoms with Gasteiger partial charge in [0.25, 0.3) is 0 Å². The first-order chi connectivity index (χ1) is 5.24. The minimum Gasteiger partial charge on any atom is -0.396 e. The van der Waals surface area contributed by atoms with Crippen LogP contribution in [0.1, 0.15) is 19.4 Å². The number of allylic oxidation sites excluding steroid dienone is 1. The van der Waals surface area contributed by atoms with Crippen molar-refractivity contribution < 1.29 is 0 Å². The zero-order chi connectivity index (χ0) is 8.27. The maximum absolute atomic E-state index is 5.50. The van der Waals surface area contributed by atoms with Crippen LogP contribution in [0.5, 0.6) is 0 Å². The van der Waals surface area contributed by atoms with Crippen molar-refractivity contribution in [3.05, 3.63) is 25.0 Å². The summed E-state index contributed by atoms with van der Waals surface area (Å²) in [5.41, 5.74) is 6.21. The Kier molecular flexibility index (Phi) is 2.31. The molecule has 0 aliphatic rings. The first kappa shape index (κ1) is 7.85. The molecule has 0 bridgehead atoms. The lowest BCUT2D eigenvalue weighted by atomic mass is 10.2. The fourth-order valence-electron chi connectivity index (χ4n) is 0.943. The molecule has 3 nitrogen and oxygen atoms in total. The quantitative estimate of drug-likeness (QED) is 0.667. The number of nitrogens with two attached hydrogens (primary N) is 1. The Morgan fingerprint density at radius 1 is 1.91 bits per heavy atom. The second-order valence-electron chi connectivity index (χ2n) is 2.63. The average molecular weight is 151 g/mol. The number of nitrogens with zero attached hydrogens (tertiary/aromatic N) is 2. The van der Waals surface area contributed by atoms with E-state index >= 15 is 0 Å². The summed E-state index contributed by atoms with van der Waals surface area (Å²) in [5.74, 6) is 0. The van der Waals surface area contributed by atoms with Crippen molar-refractivity contribution in [3.8, 4) is 0 Å². The van der Waals surface area contributed by atoms with Gasteiger partial charge >= 0.3 is 0 Å². The van der Waals surface area contributed by atoms with Crippen molar-refractivity contribution in [2.45, 2.75) is 19.4 Å². The summed E-state index contributed by atoms with van der Waals surface area (Å²) in [5, 5.41) is 4.08. The van der Waals surface area contributed by atoms with Crippen LogP contribution in [0, 0.1) is 0 Å². The van der Waals surface area contributed by atoms with Gasteiger partial charge < -0.3 is 5.73 Å². The number of aromatic nitrogens is 2. The number of nitrogen functional groups attached to an aromatic ring is 1. The molecular weight excluding hydrogens is 138 g/mol. The Labute approximate surface area is 66.5 Å². The maximum atomic E-state index is 5.50. The molecule has 1 unspecified atom stereocenters. The Bertz CT molecular complexity index is 239. The molecule has 1 heterocycles. The monoisotopic (exact) mass is 151 g/mol. The van der Waals surface area contributed by atoms with Gasteiger partial charge in [-0.2, -0.15) is 5.10 Å². The van der Waals surface area contributed by atoms with Crippen LogP contribution in [-0.2, 0) is 0 Å². The van der Waals surface area contributed by atoms with Crippen LogP contribution in [0.3, 0.4) is 0 Å². The van der Waals surface area contributed by atoms with Crippen molar-refractivity contribution in [2.24, 2.45) is 0 Å². The number of rotatable bonds is 3. The molecule has 0 amide bonds. The second-order valence-corrected chi connectivity index (χ2v) is 2.63. The molecule has 11 heavy (non-hydrogen) atoms. The van der Waals surface area contributed by atoms with Gasteiger partial charge in [-0.05, 0) is 13.3 Å². The highest BCUT2D eigenvalue weighted by atomic mass is 15.3. The minimum atomic E-state index is 0.352. The lowest BCUT2D eigenvalue weighted by Crippen LogP contribution is -2.03. The van der Waals surface area contributed by atoms with E-state index in [1.54, 1.807) is 6.20 Å². The van der Waals surface area contributed by atoms with Crippen LogP contribution >= 0.6 is 0 Å². The SMILES string of the molecule is C=CCC(C)n1cc(N)cn1. The normalized spacial score (nSPS) is 12.8. The molecule has 60 valence electrons. The molecule has 0 radical (unpaired) electrons. The summed E-state index contributed by atoms with van der Waals surface area (Å²) in [6, 6.07) is 0.352. The first-order valence-corrected chi connectivity index (χ1v) is 3.64. The van der Waals surface area contributed by atoms with E-state index < -0.39 is 0 Å². The Morgan fingerprint density at radius 2 is 2.64 bits per heavy atom.